The van der Waals surface area contributed by atoms with Crippen molar-refractivity contribution in [2.24, 2.45) is 11.7 Å². The van der Waals surface area contributed by atoms with Crippen LogP contribution >= 0.6 is 11.6 Å². The fourth-order valence-corrected chi connectivity index (χ4v) is 2.65. The van der Waals surface area contributed by atoms with Gasteiger partial charge in [0.2, 0.25) is 0 Å². The summed E-state index contributed by atoms with van der Waals surface area (Å²) < 4.78 is 5.87. The maximum absolute atomic E-state index is 12.1. The molecule has 136 valence electrons. The molecule has 2 rings (SSSR count). The van der Waals surface area contributed by atoms with E-state index in [-0.39, 0.29) is 6.61 Å². The van der Waals surface area contributed by atoms with Gasteiger partial charge in [0, 0.05) is 18.2 Å². The van der Waals surface area contributed by atoms with Gasteiger partial charge in [-0.25, -0.2) is 21.5 Å². The number of hydrogen-bond acceptors (Lipinski definition) is 4. The summed E-state index contributed by atoms with van der Waals surface area (Å²) in [5.41, 5.74) is 3.67. The van der Waals surface area contributed by atoms with E-state index in [1.54, 1.807) is 18.2 Å². The summed E-state index contributed by atoms with van der Waals surface area (Å²) in [6, 6.07) is 8.22. The third-order valence-corrected chi connectivity index (χ3v) is 4.29. The molecule has 2 aromatic rings. The number of terminal acetylenes is 1. The van der Waals surface area contributed by atoms with Crippen LogP contribution in [0.15, 0.2) is 30.3 Å². The highest BCUT2D eigenvalue weighted by Gasteiger charge is 2.20. The summed E-state index contributed by atoms with van der Waals surface area (Å²) in [4.78, 5) is 12.1. The molecule has 0 saturated carbocycles. The Kier molecular flexibility index (Phi) is 6.11. The monoisotopic (exact) mass is 372 g/mol. The van der Waals surface area contributed by atoms with E-state index in [2.05, 4.69) is 5.92 Å². The molecule has 0 aliphatic rings. The highest BCUT2D eigenvalue weighted by molar-refractivity contribution is 6.32. The molecule has 0 atom stereocenters. The molecule has 0 aliphatic carbocycles. The molecule has 7 heteroatoms. The van der Waals surface area contributed by atoms with Crippen molar-refractivity contribution in [3.63, 3.8) is 0 Å². The van der Waals surface area contributed by atoms with Crippen LogP contribution in [0.3, 0.4) is 0 Å². The molecule has 2 amide bonds. The number of anilines is 1. The molecule has 0 unspecified atom stereocenters. The van der Waals surface area contributed by atoms with E-state index < -0.39 is 6.03 Å². The number of carbonyl (C=O) groups is 1. The molecule has 26 heavy (non-hydrogen) atoms. The minimum Gasteiger partial charge on any atom is -0.487 e. The van der Waals surface area contributed by atoms with E-state index in [0.29, 0.717) is 27.6 Å². The average molecular weight is 373 g/mol. The molecule has 0 aromatic heterocycles. The molecular formula is C19H21ClN4O2. The van der Waals surface area contributed by atoms with E-state index in [9.17, 15) is 4.79 Å². The highest BCUT2D eigenvalue weighted by atomic mass is 35.5. The number of hydrazine groups is 2. The largest absolute Gasteiger partial charge is 0.487 e. The number of carbonyl (C=O) groups excluding carboxylic acids is 1. The van der Waals surface area contributed by atoms with Crippen molar-refractivity contribution < 1.29 is 9.53 Å². The SMILES string of the molecule is C#Cc1cccc(N(N)C(=O)N(C)N)c1COc1cc(C)c(C)cc1Cl. The summed E-state index contributed by atoms with van der Waals surface area (Å²) in [6.07, 6.45) is 5.59. The number of urea groups is 1. The van der Waals surface area contributed by atoms with Gasteiger partial charge in [0.15, 0.2) is 0 Å². The van der Waals surface area contributed by atoms with Gasteiger partial charge in [0.1, 0.15) is 12.4 Å². The Hall–Kier alpha value is -2.72. The van der Waals surface area contributed by atoms with Crippen LogP contribution in [0.4, 0.5) is 10.5 Å². The molecule has 4 N–H and O–H groups in total. The van der Waals surface area contributed by atoms with Gasteiger partial charge in [0.05, 0.1) is 10.7 Å². The third-order valence-electron chi connectivity index (χ3n) is 3.99. The van der Waals surface area contributed by atoms with E-state index in [4.69, 9.17) is 34.4 Å². The first-order chi connectivity index (χ1) is 12.3. The van der Waals surface area contributed by atoms with Crippen LogP contribution in [0, 0.1) is 26.2 Å². The standard InChI is InChI=1S/C19H21ClN4O2/c1-5-14-7-6-8-17(24(22)19(25)23(4)21)15(14)11-26-18-10-13(3)12(2)9-16(18)20/h1,6-10H,11,21-22H2,2-4H3. The normalized spacial score (nSPS) is 10.2. The number of nitrogens with two attached hydrogens (primary N) is 2. The third kappa shape index (κ3) is 4.09. The van der Waals surface area contributed by atoms with Crippen LogP contribution in [-0.4, -0.2) is 18.1 Å². The van der Waals surface area contributed by atoms with Gasteiger partial charge in [-0.2, -0.15) is 0 Å². The van der Waals surface area contributed by atoms with Crippen molar-refractivity contribution in [1.29, 1.82) is 0 Å². The van der Waals surface area contributed by atoms with Gasteiger partial charge in [0.25, 0.3) is 0 Å². The molecule has 0 heterocycles. The Bertz CT molecular complexity index is 875. The predicted octanol–water partition coefficient (Wildman–Crippen LogP) is 3.12. The van der Waals surface area contributed by atoms with Crippen molar-refractivity contribution >= 4 is 23.3 Å². The molecule has 0 fully saturated rings. The molecule has 0 spiro atoms. The number of hydrogen-bond donors (Lipinski definition) is 2. The molecule has 0 radical (unpaired) electrons. The molecule has 6 nitrogen and oxygen atoms in total. The lowest BCUT2D eigenvalue weighted by Crippen LogP contribution is -2.49. The zero-order valence-corrected chi connectivity index (χ0v) is 15.7. The van der Waals surface area contributed by atoms with Gasteiger partial charge < -0.3 is 4.74 Å². The predicted molar refractivity (Wildman–Crippen MR) is 104 cm³/mol. The molecule has 0 bridgehead atoms. The lowest BCUT2D eigenvalue weighted by atomic mass is 10.1. The smallest absolute Gasteiger partial charge is 0.352 e. The summed E-state index contributed by atoms with van der Waals surface area (Å²) in [5.74, 6) is 14.5. The van der Waals surface area contributed by atoms with E-state index in [1.807, 2.05) is 26.0 Å². The first-order valence-corrected chi connectivity index (χ1v) is 8.19. The maximum atomic E-state index is 12.1. The van der Waals surface area contributed by atoms with Crippen molar-refractivity contribution in [2.75, 3.05) is 12.1 Å². The van der Waals surface area contributed by atoms with Crippen LogP contribution in [0.25, 0.3) is 0 Å². The Balaban J connectivity index is 2.38. The van der Waals surface area contributed by atoms with Crippen molar-refractivity contribution in [1.82, 2.24) is 5.01 Å². The second-order valence-electron chi connectivity index (χ2n) is 5.87. The minimum absolute atomic E-state index is 0.0905. The summed E-state index contributed by atoms with van der Waals surface area (Å²) in [5, 5.41) is 2.31. The summed E-state index contributed by atoms with van der Waals surface area (Å²) in [7, 11) is 1.40. The second kappa shape index (κ2) is 8.11. The zero-order valence-electron chi connectivity index (χ0n) is 14.9. The van der Waals surface area contributed by atoms with Crippen LogP contribution in [-0.2, 0) is 6.61 Å². The van der Waals surface area contributed by atoms with Gasteiger partial charge in [-0.3, -0.25) is 5.01 Å². The Morgan fingerprint density at radius 1 is 1.27 bits per heavy atom. The number of aryl methyl sites for hydroxylation is 2. The second-order valence-corrected chi connectivity index (χ2v) is 6.27. The van der Waals surface area contributed by atoms with E-state index in [0.717, 1.165) is 21.1 Å². The molecule has 0 aliphatic heterocycles. The quantitative estimate of drug-likeness (QED) is 0.374. The topological polar surface area (TPSA) is 84.8 Å². The molecule has 0 saturated heterocycles. The number of rotatable bonds is 4. The maximum Gasteiger partial charge on any atom is 0.352 e. The summed E-state index contributed by atoms with van der Waals surface area (Å²) in [6.45, 7) is 4.03. The first-order valence-electron chi connectivity index (χ1n) is 7.81. The van der Waals surface area contributed by atoms with E-state index in [1.165, 1.54) is 7.05 Å². The van der Waals surface area contributed by atoms with Crippen LogP contribution < -0.4 is 21.4 Å². The van der Waals surface area contributed by atoms with Gasteiger partial charge >= 0.3 is 6.03 Å². The fourth-order valence-electron chi connectivity index (χ4n) is 2.38. The molecular weight excluding hydrogens is 352 g/mol. The van der Waals surface area contributed by atoms with Crippen molar-refractivity contribution in [3.05, 3.63) is 57.6 Å². The Morgan fingerprint density at radius 3 is 2.54 bits per heavy atom. The number of benzene rings is 2. The number of nitrogens with zero attached hydrogens (tertiary/aromatic N) is 2. The number of amides is 2. The van der Waals surface area contributed by atoms with Crippen LogP contribution in [0.5, 0.6) is 5.75 Å². The Labute approximate surface area is 158 Å². The van der Waals surface area contributed by atoms with E-state index >= 15 is 0 Å². The average Bonchev–Trinajstić information content (AvgIpc) is 2.61. The lowest BCUT2D eigenvalue weighted by molar-refractivity contribution is 0.216. The summed E-state index contributed by atoms with van der Waals surface area (Å²) >= 11 is 6.26. The van der Waals surface area contributed by atoms with Crippen molar-refractivity contribution in [2.45, 2.75) is 20.5 Å². The number of halogens is 1. The zero-order chi connectivity index (χ0) is 19.4. The van der Waals surface area contributed by atoms with Gasteiger partial charge in [-0.05, 0) is 49.2 Å². The number of ether oxygens (including phenoxy) is 1. The van der Waals surface area contributed by atoms with Crippen molar-refractivity contribution in [3.8, 4) is 18.1 Å². The lowest BCUT2D eigenvalue weighted by Gasteiger charge is -2.24. The first kappa shape index (κ1) is 19.6. The fraction of sp³-hybridized carbons (Fsp3) is 0.211. The van der Waals surface area contributed by atoms with Gasteiger partial charge in [-0.1, -0.05) is 23.6 Å². The molecule has 2 aromatic carbocycles. The van der Waals surface area contributed by atoms with Crippen LogP contribution in [0.1, 0.15) is 22.3 Å². The minimum atomic E-state index is -0.593. The highest BCUT2D eigenvalue weighted by Crippen LogP contribution is 2.30. The van der Waals surface area contributed by atoms with Gasteiger partial charge in [-0.15, -0.1) is 6.42 Å². The Morgan fingerprint density at radius 2 is 1.92 bits per heavy atom. The van der Waals surface area contributed by atoms with Crippen LogP contribution in [0.2, 0.25) is 5.02 Å².